The fourth-order valence-electron chi connectivity index (χ4n) is 2.11. The highest BCUT2D eigenvalue weighted by atomic mass is 35.5. The van der Waals surface area contributed by atoms with Gasteiger partial charge in [-0.15, -0.1) is 0 Å². The summed E-state index contributed by atoms with van der Waals surface area (Å²) < 4.78 is 0. The number of carbonyl (C=O) groups excluding carboxylic acids is 1. The summed E-state index contributed by atoms with van der Waals surface area (Å²) in [4.78, 5) is 18.1. The molecule has 0 aliphatic carbocycles. The van der Waals surface area contributed by atoms with Gasteiger partial charge in [-0.1, -0.05) is 11.6 Å². The number of pyridine rings is 1. The number of aromatic nitrogens is 1. The first kappa shape index (κ1) is 12.3. The van der Waals surface area contributed by atoms with Gasteiger partial charge >= 0.3 is 0 Å². The summed E-state index contributed by atoms with van der Waals surface area (Å²) in [6, 6.07) is 1.86. The van der Waals surface area contributed by atoms with E-state index in [1.165, 1.54) is 6.20 Å². The minimum atomic E-state index is -0.113. The summed E-state index contributed by atoms with van der Waals surface area (Å²) in [5, 5.41) is 3.41. The van der Waals surface area contributed by atoms with Gasteiger partial charge in [0, 0.05) is 25.0 Å². The van der Waals surface area contributed by atoms with Crippen molar-refractivity contribution in [3.8, 4) is 0 Å². The van der Waals surface area contributed by atoms with Gasteiger partial charge in [-0.05, 0) is 32.5 Å². The fourth-order valence-corrected chi connectivity index (χ4v) is 2.31. The Hall–Kier alpha value is -1.13. The molecule has 1 unspecified atom stereocenters. The molecule has 17 heavy (non-hydrogen) atoms. The number of hydrogen-bond acceptors (Lipinski definition) is 3. The molecule has 5 heteroatoms. The molecule has 2 heterocycles. The van der Waals surface area contributed by atoms with E-state index in [4.69, 9.17) is 11.6 Å². The Morgan fingerprint density at radius 1 is 1.65 bits per heavy atom. The van der Waals surface area contributed by atoms with Crippen LogP contribution in [0, 0.1) is 0 Å². The van der Waals surface area contributed by atoms with Crippen LogP contribution >= 0.6 is 11.6 Å². The number of nitrogens with zero attached hydrogens (tertiary/aromatic N) is 2. The summed E-state index contributed by atoms with van der Waals surface area (Å²) in [6.07, 6.45) is 5.21. The topological polar surface area (TPSA) is 45.2 Å². The maximum Gasteiger partial charge on any atom is 0.253 e. The van der Waals surface area contributed by atoms with Crippen molar-refractivity contribution in [2.75, 3.05) is 20.1 Å². The Kier molecular flexibility index (Phi) is 3.97. The van der Waals surface area contributed by atoms with Crippen molar-refractivity contribution in [1.82, 2.24) is 15.2 Å². The monoisotopic (exact) mass is 253 g/mol. The van der Waals surface area contributed by atoms with Crippen molar-refractivity contribution in [2.45, 2.75) is 18.9 Å². The molecule has 1 fully saturated rings. The highest BCUT2D eigenvalue weighted by Gasteiger charge is 2.20. The van der Waals surface area contributed by atoms with E-state index in [0.717, 1.165) is 25.9 Å². The lowest BCUT2D eigenvalue weighted by Gasteiger charge is -2.30. The van der Waals surface area contributed by atoms with E-state index in [0.29, 0.717) is 10.6 Å². The Morgan fingerprint density at radius 3 is 3.18 bits per heavy atom. The Morgan fingerprint density at radius 2 is 2.47 bits per heavy atom. The van der Waals surface area contributed by atoms with E-state index in [1.54, 1.807) is 12.3 Å². The van der Waals surface area contributed by atoms with Crippen molar-refractivity contribution < 1.29 is 4.79 Å². The van der Waals surface area contributed by atoms with E-state index in [9.17, 15) is 4.79 Å². The van der Waals surface area contributed by atoms with Crippen LogP contribution < -0.4 is 5.32 Å². The second kappa shape index (κ2) is 5.47. The lowest BCUT2D eigenvalue weighted by Crippen LogP contribution is -2.46. The van der Waals surface area contributed by atoms with Crippen LogP contribution in [-0.2, 0) is 0 Å². The molecule has 2 rings (SSSR count). The highest BCUT2D eigenvalue weighted by Crippen LogP contribution is 2.14. The molecule has 0 radical (unpaired) electrons. The number of halogens is 1. The lowest BCUT2D eigenvalue weighted by molar-refractivity contribution is 0.0912. The van der Waals surface area contributed by atoms with Gasteiger partial charge in [-0.2, -0.15) is 0 Å². The minimum Gasteiger partial charge on any atom is -0.348 e. The van der Waals surface area contributed by atoms with Crippen molar-refractivity contribution in [3.63, 3.8) is 0 Å². The first-order valence-electron chi connectivity index (χ1n) is 5.76. The third-order valence-electron chi connectivity index (χ3n) is 2.98. The average Bonchev–Trinajstić information content (AvgIpc) is 2.29. The van der Waals surface area contributed by atoms with Gasteiger partial charge in [-0.3, -0.25) is 9.78 Å². The summed E-state index contributed by atoms with van der Waals surface area (Å²) in [7, 11) is 2.07. The molecule has 1 aromatic heterocycles. The highest BCUT2D eigenvalue weighted by molar-refractivity contribution is 6.33. The zero-order valence-corrected chi connectivity index (χ0v) is 10.6. The van der Waals surface area contributed by atoms with Gasteiger partial charge in [0.15, 0.2) is 0 Å². The molecular formula is C12H16ClN3O. The van der Waals surface area contributed by atoms with Crippen LogP contribution in [0.5, 0.6) is 0 Å². The first-order valence-corrected chi connectivity index (χ1v) is 6.13. The SMILES string of the molecule is CN1CCCC(NC(=O)c2ccncc2Cl)C1. The Bertz CT molecular complexity index is 410. The summed E-state index contributed by atoms with van der Waals surface area (Å²) >= 11 is 5.93. The maximum absolute atomic E-state index is 12.0. The molecule has 4 nitrogen and oxygen atoms in total. The van der Waals surface area contributed by atoms with E-state index in [2.05, 4.69) is 22.2 Å². The Labute approximate surface area is 106 Å². The van der Waals surface area contributed by atoms with Crippen molar-refractivity contribution >= 4 is 17.5 Å². The Balaban J connectivity index is 1.99. The van der Waals surface area contributed by atoms with Crippen LogP contribution in [0.3, 0.4) is 0 Å². The third-order valence-corrected chi connectivity index (χ3v) is 3.28. The maximum atomic E-state index is 12.0. The van der Waals surface area contributed by atoms with Gasteiger partial charge in [0.1, 0.15) is 0 Å². The smallest absolute Gasteiger partial charge is 0.253 e. The lowest BCUT2D eigenvalue weighted by atomic mass is 10.1. The molecule has 0 aromatic carbocycles. The zero-order valence-electron chi connectivity index (χ0n) is 9.82. The molecule has 1 N–H and O–H groups in total. The molecule has 0 bridgehead atoms. The van der Waals surface area contributed by atoms with Crippen LogP contribution in [0.1, 0.15) is 23.2 Å². The standard InChI is InChI=1S/C12H16ClN3O/c1-16-6-2-3-9(8-16)15-12(17)10-4-5-14-7-11(10)13/h4-5,7,9H,2-3,6,8H2,1H3,(H,15,17). The molecule has 1 amide bonds. The van der Waals surface area contributed by atoms with E-state index in [1.807, 2.05) is 0 Å². The number of piperidine rings is 1. The number of nitrogens with one attached hydrogen (secondary N) is 1. The number of hydrogen-bond donors (Lipinski definition) is 1. The molecule has 1 saturated heterocycles. The predicted octanol–water partition coefficient (Wildman–Crippen LogP) is 1.56. The minimum absolute atomic E-state index is 0.113. The molecule has 1 aromatic rings. The zero-order chi connectivity index (χ0) is 12.3. The number of likely N-dealkylation sites (N-methyl/N-ethyl adjacent to an activating group) is 1. The molecule has 1 aliphatic heterocycles. The molecule has 0 saturated carbocycles. The molecule has 1 atom stereocenters. The summed E-state index contributed by atoms with van der Waals surface area (Å²) in [5.41, 5.74) is 0.495. The van der Waals surface area contributed by atoms with Crippen LogP contribution in [0.25, 0.3) is 0 Å². The largest absolute Gasteiger partial charge is 0.348 e. The van der Waals surface area contributed by atoms with Gasteiger partial charge in [0.2, 0.25) is 0 Å². The van der Waals surface area contributed by atoms with E-state index >= 15 is 0 Å². The number of likely N-dealkylation sites (tertiary alicyclic amines) is 1. The van der Waals surface area contributed by atoms with Gasteiger partial charge in [0.25, 0.3) is 5.91 Å². The molecule has 1 aliphatic rings. The first-order chi connectivity index (χ1) is 8.16. The normalized spacial score (nSPS) is 21.2. The van der Waals surface area contributed by atoms with Gasteiger partial charge in [0.05, 0.1) is 10.6 Å². The molecule has 92 valence electrons. The van der Waals surface area contributed by atoms with E-state index < -0.39 is 0 Å². The summed E-state index contributed by atoms with van der Waals surface area (Å²) in [5.74, 6) is -0.113. The van der Waals surface area contributed by atoms with Gasteiger partial charge < -0.3 is 10.2 Å². The second-order valence-corrected chi connectivity index (χ2v) is 4.84. The quantitative estimate of drug-likeness (QED) is 0.870. The second-order valence-electron chi connectivity index (χ2n) is 4.43. The van der Waals surface area contributed by atoms with Crippen LogP contribution in [-0.4, -0.2) is 42.0 Å². The predicted molar refractivity (Wildman–Crippen MR) is 67.2 cm³/mol. The van der Waals surface area contributed by atoms with Crippen LogP contribution in [0.15, 0.2) is 18.5 Å². The van der Waals surface area contributed by atoms with Crippen LogP contribution in [0.4, 0.5) is 0 Å². The third kappa shape index (κ3) is 3.17. The van der Waals surface area contributed by atoms with Crippen molar-refractivity contribution in [1.29, 1.82) is 0 Å². The molecular weight excluding hydrogens is 238 g/mol. The van der Waals surface area contributed by atoms with Crippen molar-refractivity contribution in [2.24, 2.45) is 0 Å². The van der Waals surface area contributed by atoms with E-state index in [-0.39, 0.29) is 11.9 Å². The average molecular weight is 254 g/mol. The molecule has 0 spiro atoms. The van der Waals surface area contributed by atoms with Crippen molar-refractivity contribution in [3.05, 3.63) is 29.0 Å². The number of rotatable bonds is 2. The fraction of sp³-hybridized carbons (Fsp3) is 0.500. The summed E-state index contributed by atoms with van der Waals surface area (Å²) in [6.45, 7) is 2.00. The number of amides is 1. The van der Waals surface area contributed by atoms with Gasteiger partial charge in [-0.25, -0.2) is 0 Å². The van der Waals surface area contributed by atoms with Crippen LogP contribution in [0.2, 0.25) is 5.02 Å². The number of carbonyl (C=O) groups is 1.